The van der Waals surface area contributed by atoms with E-state index in [1.54, 1.807) is 6.07 Å². The molecule has 4 nitrogen and oxygen atoms in total. The summed E-state index contributed by atoms with van der Waals surface area (Å²) in [6.07, 6.45) is 6.62. The first kappa shape index (κ1) is 12.4. The fourth-order valence-corrected chi connectivity index (χ4v) is 2.28. The second kappa shape index (κ2) is 5.49. The molecule has 0 bridgehead atoms. The van der Waals surface area contributed by atoms with Crippen molar-refractivity contribution in [2.24, 2.45) is 11.8 Å². The predicted molar refractivity (Wildman–Crippen MR) is 70.7 cm³/mol. The molecule has 1 aliphatic carbocycles. The van der Waals surface area contributed by atoms with Crippen LogP contribution in [0, 0.1) is 11.8 Å². The van der Waals surface area contributed by atoms with Gasteiger partial charge in [0.25, 0.3) is 0 Å². The maximum absolute atomic E-state index is 5.62. The Morgan fingerprint density at radius 1 is 1.41 bits per heavy atom. The largest absolute Gasteiger partial charge is 0.463 e. The van der Waals surface area contributed by atoms with Gasteiger partial charge < -0.3 is 10.5 Å². The van der Waals surface area contributed by atoms with Crippen LogP contribution in [-0.4, -0.2) is 16.6 Å². The van der Waals surface area contributed by atoms with Gasteiger partial charge in [0.1, 0.15) is 10.4 Å². The van der Waals surface area contributed by atoms with Crippen molar-refractivity contribution in [2.45, 2.75) is 19.8 Å². The lowest BCUT2D eigenvalue weighted by Crippen LogP contribution is -2.21. The van der Waals surface area contributed by atoms with Crippen molar-refractivity contribution in [3.05, 3.63) is 22.8 Å². The Bertz CT molecular complexity index is 402. The number of aromatic nitrogens is 2. The van der Waals surface area contributed by atoms with E-state index in [9.17, 15) is 0 Å². The van der Waals surface area contributed by atoms with Crippen LogP contribution in [0.25, 0.3) is 0 Å². The molecule has 0 saturated heterocycles. The molecule has 0 saturated carbocycles. The highest BCUT2D eigenvalue weighted by atomic mass is 79.9. The normalized spacial score (nSPS) is 23.6. The first-order valence-electron chi connectivity index (χ1n) is 5.73. The van der Waals surface area contributed by atoms with Gasteiger partial charge in [-0.15, -0.1) is 0 Å². The molecule has 1 aromatic heterocycles. The summed E-state index contributed by atoms with van der Waals surface area (Å²) < 4.78 is 6.26. The molecule has 5 heteroatoms. The van der Waals surface area contributed by atoms with Crippen LogP contribution >= 0.6 is 15.9 Å². The molecule has 2 N–H and O–H groups in total. The molecule has 2 atom stereocenters. The van der Waals surface area contributed by atoms with E-state index >= 15 is 0 Å². The van der Waals surface area contributed by atoms with Crippen LogP contribution in [0.15, 0.2) is 22.8 Å². The van der Waals surface area contributed by atoms with Gasteiger partial charge in [0, 0.05) is 6.07 Å². The van der Waals surface area contributed by atoms with Crippen LogP contribution in [0.3, 0.4) is 0 Å². The molecule has 0 aromatic carbocycles. The minimum Gasteiger partial charge on any atom is -0.463 e. The maximum atomic E-state index is 5.62. The monoisotopic (exact) mass is 297 g/mol. The van der Waals surface area contributed by atoms with Crippen LogP contribution in [0.1, 0.15) is 19.8 Å². The molecule has 1 heterocycles. The number of nitrogens with zero attached hydrogens (tertiary/aromatic N) is 2. The van der Waals surface area contributed by atoms with Gasteiger partial charge in [-0.2, -0.15) is 9.97 Å². The van der Waals surface area contributed by atoms with E-state index in [2.05, 4.69) is 45.0 Å². The first-order chi connectivity index (χ1) is 8.15. The highest BCUT2D eigenvalue weighted by Crippen LogP contribution is 2.25. The van der Waals surface area contributed by atoms with Crippen LogP contribution in [0.2, 0.25) is 0 Å². The second-order valence-corrected chi connectivity index (χ2v) is 5.20. The van der Waals surface area contributed by atoms with E-state index in [0.29, 0.717) is 34.9 Å². The summed E-state index contributed by atoms with van der Waals surface area (Å²) in [5.41, 5.74) is 5.62. The number of nitrogen functional groups attached to an aromatic ring is 1. The molecule has 0 aliphatic heterocycles. The van der Waals surface area contributed by atoms with Gasteiger partial charge in [-0.05, 0) is 40.6 Å². The zero-order chi connectivity index (χ0) is 12.3. The highest BCUT2D eigenvalue weighted by Gasteiger charge is 2.19. The molecule has 0 spiro atoms. The summed E-state index contributed by atoms with van der Waals surface area (Å²) >= 11 is 3.27. The molecule has 1 aromatic rings. The SMILES string of the molecule is CC1CC=CCC1COc1nc(N)cc(Br)n1. The summed E-state index contributed by atoms with van der Waals surface area (Å²) in [7, 11) is 0. The van der Waals surface area contributed by atoms with Gasteiger partial charge in [-0.25, -0.2) is 0 Å². The highest BCUT2D eigenvalue weighted by molar-refractivity contribution is 9.10. The second-order valence-electron chi connectivity index (χ2n) is 4.39. The van der Waals surface area contributed by atoms with E-state index in [0.717, 1.165) is 12.8 Å². The Balaban J connectivity index is 1.95. The minimum absolute atomic E-state index is 0.346. The van der Waals surface area contributed by atoms with Crippen LogP contribution < -0.4 is 10.5 Å². The van der Waals surface area contributed by atoms with Gasteiger partial charge in [-0.1, -0.05) is 19.1 Å². The minimum atomic E-state index is 0.346. The van der Waals surface area contributed by atoms with Crippen molar-refractivity contribution in [1.29, 1.82) is 0 Å². The lowest BCUT2D eigenvalue weighted by molar-refractivity contribution is 0.186. The van der Waals surface area contributed by atoms with E-state index in [4.69, 9.17) is 10.5 Å². The van der Waals surface area contributed by atoms with E-state index in [1.807, 2.05) is 0 Å². The fraction of sp³-hybridized carbons (Fsp3) is 0.500. The van der Waals surface area contributed by atoms with E-state index < -0.39 is 0 Å². The Hall–Kier alpha value is -1.10. The number of ether oxygens (including phenoxy) is 1. The maximum Gasteiger partial charge on any atom is 0.319 e. The van der Waals surface area contributed by atoms with Crippen molar-refractivity contribution < 1.29 is 4.74 Å². The number of halogens is 1. The Kier molecular flexibility index (Phi) is 3.99. The molecule has 1 aliphatic rings. The number of hydrogen-bond acceptors (Lipinski definition) is 4. The number of anilines is 1. The third-order valence-electron chi connectivity index (χ3n) is 3.04. The predicted octanol–water partition coefficient (Wildman–Crippen LogP) is 2.80. The van der Waals surface area contributed by atoms with E-state index in [1.165, 1.54) is 0 Å². The number of rotatable bonds is 3. The van der Waals surface area contributed by atoms with Gasteiger partial charge in [0.15, 0.2) is 0 Å². The van der Waals surface area contributed by atoms with Gasteiger partial charge >= 0.3 is 6.01 Å². The summed E-state index contributed by atoms with van der Waals surface area (Å²) in [5, 5.41) is 0. The summed E-state index contributed by atoms with van der Waals surface area (Å²) in [5.74, 6) is 1.59. The Labute approximate surface area is 109 Å². The molecule has 0 amide bonds. The third-order valence-corrected chi connectivity index (χ3v) is 3.45. The Morgan fingerprint density at radius 2 is 2.18 bits per heavy atom. The van der Waals surface area contributed by atoms with Crippen molar-refractivity contribution >= 4 is 21.7 Å². The number of allylic oxidation sites excluding steroid dienone is 2. The van der Waals surface area contributed by atoms with Crippen LogP contribution in [-0.2, 0) is 0 Å². The Morgan fingerprint density at radius 3 is 2.88 bits per heavy atom. The van der Waals surface area contributed by atoms with Gasteiger partial charge in [0.2, 0.25) is 0 Å². The summed E-state index contributed by atoms with van der Waals surface area (Å²) in [4.78, 5) is 8.17. The topological polar surface area (TPSA) is 61.0 Å². The quantitative estimate of drug-likeness (QED) is 0.688. The standard InChI is InChI=1S/C12H16BrN3O/c1-8-4-2-3-5-9(8)7-17-12-15-10(13)6-11(14)16-12/h2-3,6,8-9H,4-5,7H2,1H3,(H2,14,15,16). The van der Waals surface area contributed by atoms with Crippen molar-refractivity contribution in [1.82, 2.24) is 9.97 Å². The summed E-state index contributed by atoms with van der Waals surface area (Å²) in [6, 6.07) is 2.00. The van der Waals surface area contributed by atoms with Gasteiger partial charge in [-0.3, -0.25) is 0 Å². The number of hydrogen-bond donors (Lipinski definition) is 1. The average molecular weight is 298 g/mol. The van der Waals surface area contributed by atoms with Crippen molar-refractivity contribution in [2.75, 3.05) is 12.3 Å². The molecular formula is C12H16BrN3O. The molecule has 0 fully saturated rings. The lowest BCUT2D eigenvalue weighted by Gasteiger charge is -2.24. The van der Waals surface area contributed by atoms with E-state index in [-0.39, 0.29) is 0 Å². The molecule has 92 valence electrons. The third kappa shape index (κ3) is 3.43. The smallest absolute Gasteiger partial charge is 0.319 e. The van der Waals surface area contributed by atoms with Crippen LogP contribution in [0.4, 0.5) is 5.82 Å². The van der Waals surface area contributed by atoms with Crippen LogP contribution in [0.5, 0.6) is 6.01 Å². The molecule has 2 rings (SSSR count). The average Bonchev–Trinajstić information content (AvgIpc) is 2.27. The molecular weight excluding hydrogens is 282 g/mol. The first-order valence-corrected chi connectivity index (χ1v) is 6.52. The lowest BCUT2D eigenvalue weighted by atomic mass is 9.85. The molecule has 17 heavy (non-hydrogen) atoms. The zero-order valence-electron chi connectivity index (χ0n) is 9.77. The summed E-state index contributed by atoms with van der Waals surface area (Å²) in [6.45, 7) is 2.88. The van der Waals surface area contributed by atoms with Gasteiger partial charge in [0.05, 0.1) is 6.61 Å². The van der Waals surface area contributed by atoms with Crippen molar-refractivity contribution in [3.63, 3.8) is 0 Å². The molecule has 0 radical (unpaired) electrons. The van der Waals surface area contributed by atoms with Crippen molar-refractivity contribution in [3.8, 4) is 6.01 Å². The fourth-order valence-electron chi connectivity index (χ4n) is 1.90. The molecule has 2 unspecified atom stereocenters. The number of nitrogens with two attached hydrogens (primary N) is 1. The zero-order valence-corrected chi connectivity index (χ0v) is 11.4.